The summed E-state index contributed by atoms with van der Waals surface area (Å²) in [5, 5.41) is 10.2. The fourth-order valence-corrected chi connectivity index (χ4v) is 7.08. The van der Waals surface area contributed by atoms with Crippen LogP contribution in [0, 0.1) is 12.8 Å². The maximum atomic E-state index is 12.5. The van der Waals surface area contributed by atoms with E-state index in [0.29, 0.717) is 38.8 Å². The first kappa shape index (κ1) is 33.1. The molecule has 0 aliphatic carbocycles. The summed E-state index contributed by atoms with van der Waals surface area (Å²) in [5.74, 6) is -0.944. The molecule has 3 aromatic carbocycles. The van der Waals surface area contributed by atoms with Gasteiger partial charge in [0.15, 0.2) is 5.66 Å². The molecule has 1 saturated heterocycles. The van der Waals surface area contributed by atoms with Crippen molar-refractivity contribution in [1.82, 2.24) is 14.5 Å². The average molecular weight is 615 g/mol. The summed E-state index contributed by atoms with van der Waals surface area (Å²) in [4.78, 5) is 30.4. The van der Waals surface area contributed by atoms with Crippen molar-refractivity contribution in [2.75, 3.05) is 13.1 Å². The number of carboxylic acids is 1. The number of rotatable bonds is 12. The molecule has 4 aromatic rings. The Morgan fingerprint density at radius 3 is 1.95 bits per heavy atom. The maximum absolute atomic E-state index is 12.5. The molecule has 232 valence electrons. The molecule has 3 unspecified atom stereocenters. The number of nitrogens with zero attached hydrogens (tertiary/aromatic N) is 3. The molecule has 1 aliphatic rings. The van der Waals surface area contributed by atoms with E-state index in [1.54, 1.807) is 0 Å². The number of halogens is 1. The fourth-order valence-electron chi connectivity index (χ4n) is 7.08. The van der Waals surface area contributed by atoms with Crippen molar-refractivity contribution in [3.63, 3.8) is 0 Å². The van der Waals surface area contributed by atoms with Crippen LogP contribution < -0.4 is 5.73 Å². The van der Waals surface area contributed by atoms with Crippen LogP contribution in [0.2, 0.25) is 0 Å². The predicted molar refractivity (Wildman–Crippen MR) is 176 cm³/mol. The van der Waals surface area contributed by atoms with Gasteiger partial charge in [-0.1, -0.05) is 104 Å². The van der Waals surface area contributed by atoms with Crippen LogP contribution in [-0.2, 0) is 15.1 Å². The summed E-state index contributed by atoms with van der Waals surface area (Å²) in [7, 11) is 0. The Balaban J connectivity index is 0.00000442. The number of hydrogen-bond acceptors (Lipinski definition) is 5. The van der Waals surface area contributed by atoms with Gasteiger partial charge in [0, 0.05) is 31.1 Å². The lowest BCUT2D eigenvalue weighted by Crippen LogP contribution is -2.66. The van der Waals surface area contributed by atoms with E-state index >= 15 is 0 Å². The molecule has 3 N–H and O–H groups in total. The molecule has 44 heavy (non-hydrogen) atoms. The molecule has 2 heterocycles. The predicted octanol–water partition coefficient (Wildman–Crippen LogP) is 6.38. The van der Waals surface area contributed by atoms with Gasteiger partial charge < -0.3 is 20.2 Å². The minimum absolute atomic E-state index is 0. The lowest BCUT2D eigenvalue weighted by molar-refractivity contribution is -0.156. The first-order valence-corrected chi connectivity index (χ1v) is 15.3. The Hall–Kier alpha value is -3.78. The van der Waals surface area contributed by atoms with Crippen molar-refractivity contribution in [2.24, 2.45) is 11.7 Å². The van der Waals surface area contributed by atoms with Gasteiger partial charge in [0.05, 0.1) is 12.0 Å². The van der Waals surface area contributed by atoms with Gasteiger partial charge in [-0.2, -0.15) is 0 Å². The summed E-state index contributed by atoms with van der Waals surface area (Å²) in [6.45, 7) is 5.25. The normalized spacial score (nSPS) is 20.5. The zero-order chi connectivity index (χ0) is 30.5. The summed E-state index contributed by atoms with van der Waals surface area (Å²) >= 11 is 0. The standard InChI is InChI=1S/C36H42N4O3.ClH/c1-3-28-24-35(37,34(42)43)39(22-14-7-15-23-41)25-32(28)33-27(2)40(26-38-33)36(29-16-8-4-9-17-29,30-18-10-5-11-19-30)31-20-12-6-13-21-31;/h4-6,8-13,16-21,23,26,28,32H,3,7,14-15,22,24-25,37H2,1-2H3,(H,42,43);1H. The zero-order valence-corrected chi connectivity index (χ0v) is 26.3. The fraction of sp³-hybridized carbons (Fsp3) is 0.361. The van der Waals surface area contributed by atoms with Crippen molar-refractivity contribution in [3.05, 3.63) is 125 Å². The lowest BCUT2D eigenvalue weighted by Gasteiger charge is -2.48. The van der Waals surface area contributed by atoms with Crippen molar-refractivity contribution in [3.8, 4) is 0 Å². The van der Waals surface area contributed by atoms with Gasteiger partial charge in [-0.3, -0.25) is 4.90 Å². The molecule has 7 nitrogen and oxygen atoms in total. The van der Waals surface area contributed by atoms with E-state index in [0.717, 1.165) is 40.8 Å². The molecule has 0 bridgehead atoms. The number of hydrogen-bond donors (Lipinski definition) is 2. The van der Waals surface area contributed by atoms with Crippen molar-refractivity contribution < 1.29 is 14.7 Å². The third kappa shape index (κ3) is 5.96. The number of aromatic nitrogens is 2. The van der Waals surface area contributed by atoms with Crippen molar-refractivity contribution >= 4 is 24.7 Å². The maximum Gasteiger partial charge on any atom is 0.338 e. The second-order valence-corrected chi connectivity index (χ2v) is 11.7. The third-order valence-electron chi connectivity index (χ3n) is 9.35. The number of piperidine rings is 1. The monoisotopic (exact) mass is 614 g/mol. The van der Waals surface area contributed by atoms with Gasteiger partial charge in [-0.15, -0.1) is 12.4 Å². The largest absolute Gasteiger partial charge is 0.479 e. The van der Waals surface area contributed by atoms with Gasteiger partial charge in [-0.25, -0.2) is 9.78 Å². The smallest absolute Gasteiger partial charge is 0.338 e. The molecule has 3 atom stereocenters. The molecule has 1 aliphatic heterocycles. The molecule has 1 fully saturated rings. The van der Waals surface area contributed by atoms with Gasteiger partial charge >= 0.3 is 5.97 Å². The Morgan fingerprint density at radius 2 is 1.50 bits per heavy atom. The second kappa shape index (κ2) is 14.3. The van der Waals surface area contributed by atoms with E-state index in [1.165, 1.54) is 0 Å². The van der Waals surface area contributed by atoms with E-state index < -0.39 is 17.2 Å². The van der Waals surface area contributed by atoms with E-state index in [-0.39, 0.29) is 24.2 Å². The van der Waals surface area contributed by atoms with E-state index in [1.807, 2.05) is 29.4 Å². The van der Waals surface area contributed by atoms with Crippen LogP contribution >= 0.6 is 12.4 Å². The van der Waals surface area contributed by atoms with Gasteiger partial charge in [0.1, 0.15) is 11.8 Å². The number of unbranched alkanes of at least 4 members (excludes halogenated alkanes) is 2. The SMILES string of the molecule is CCC1CC(N)(C(=O)O)N(CCCCC=O)CC1c1ncn(C(c2ccccc2)(c2ccccc2)c2ccccc2)c1C.Cl. The Bertz CT molecular complexity index is 1420. The lowest BCUT2D eigenvalue weighted by atomic mass is 9.74. The van der Waals surface area contributed by atoms with Crippen LogP contribution in [0.15, 0.2) is 97.3 Å². The highest BCUT2D eigenvalue weighted by atomic mass is 35.5. The number of carbonyl (C=O) groups is 2. The summed E-state index contributed by atoms with van der Waals surface area (Å²) < 4.78 is 2.30. The van der Waals surface area contributed by atoms with E-state index in [2.05, 4.69) is 91.2 Å². The van der Waals surface area contributed by atoms with Crippen molar-refractivity contribution in [2.45, 2.75) is 63.1 Å². The number of carbonyl (C=O) groups excluding carboxylic acids is 1. The third-order valence-corrected chi connectivity index (χ3v) is 9.35. The quantitative estimate of drug-likeness (QED) is 0.109. The van der Waals surface area contributed by atoms with Crippen LogP contribution in [0.4, 0.5) is 0 Å². The van der Waals surface area contributed by atoms with Crippen LogP contribution in [0.25, 0.3) is 0 Å². The average Bonchev–Trinajstić information content (AvgIpc) is 3.42. The second-order valence-electron chi connectivity index (χ2n) is 11.7. The number of likely N-dealkylation sites (tertiary alicyclic amines) is 1. The highest BCUT2D eigenvalue weighted by Gasteiger charge is 2.50. The molecular formula is C36H43ClN4O3. The van der Waals surface area contributed by atoms with Gasteiger partial charge in [-0.05, 0) is 48.8 Å². The highest BCUT2D eigenvalue weighted by Crippen LogP contribution is 2.45. The zero-order valence-electron chi connectivity index (χ0n) is 25.5. The highest BCUT2D eigenvalue weighted by molar-refractivity contribution is 5.85. The Kier molecular flexibility index (Phi) is 10.8. The van der Waals surface area contributed by atoms with Crippen LogP contribution in [-0.4, -0.2) is 50.6 Å². The van der Waals surface area contributed by atoms with Gasteiger partial charge in [0.2, 0.25) is 0 Å². The van der Waals surface area contributed by atoms with E-state index in [9.17, 15) is 14.7 Å². The number of aldehydes is 1. The summed E-state index contributed by atoms with van der Waals surface area (Å²) in [6, 6.07) is 31.6. The molecule has 0 amide bonds. The summed E-state index contributed by atoms with van der Waals surface area (Å²) in [6.07, 6.45) is 5.88. The molecule has 0 spiro atoms. The number of nitrogens with two attached hydrogens (primary N) is 1. The Morgan fingerprint density at radius 1 is 0.977 bits per heavy atom. The van der Waals surface area contributed by atoms with Crippen molar-refractivity contribution in [1.29, 1.82) is 0 Å². The van der Waals surface area contributed by atoms with Gasteiger partial charge in [0.25, 0.3) is 0 Å². The van der Waals surface area contributed by atoms with E-state index in [4.69, 9.17) is 10.7 Å². The topological polar surface area (TPSA) is 101 Å². The first-order valence-electron chi connectivity index (χ1n) is 15.3. The van der Waals surface area contributed by atoms with Crippen LogP contribution in [0.1, 0.15) is 73.0 Å². The number of imidazole rings is 1. The minimum atomic E-state index is -1.45. The first-order chi connectivity index (χ1) is 20.9. The number of aliphatic carboxylic acids is 1. The van der Waals surface area contributed by atoms with Crippen LogP contribution in [0.5, 0.6) is 0 Å². The molecular weight excluding hydrogens is 572 g/mol. The molecule has 0 radical (unpaired) electrons. The summed E-state index contributed by atoms with van der Waals surface area (Å²) in [5.41, 5.74) is 9.90. The minimum Gasteiger partial charge on any atom is -0.479 e. The van der Waals surface area contributed by atoms with Crippen LogP contribution in [0.3, 0.4) is 0 Å². The Labute approximate surface area is 266 Å². The number of benzene rings is 3. The number of carboxylic acid groups (broad SMARTS) is 1. The molecule has 1 aromatic heterocycles. The molecule has 5 rings (SSSR count). The molecule has 0 saturated carbocycles. The molecule has 8 heteroatoms.